The van der Waals surface area contributed by atoms with Crippen LogP contribution in [0.4, 0.5) is 17.6 Å². The monoisotopic (exact) mass is 299 g/mol. The molecule has 3 N–H and O–H groups in total. The molecule has 0 saturated heterocycles. The van der Waals surface area contributed by atoms with Crippen LogP contribution in [0.2, 0.25) is 0 Å². The molecule has 0 amide bonds. The maximum Gasteiger partial charge on any atom is 0.433 e. The van der Waals surface area contributed by atoms with Crippen LogP contribution in [0.3, 0.4) is 0 Å². The fourth-order valence-electron chi connectivity index (χ4n) is 1.52. The molecule has 0 bridgehead atoms. The average Bonchev–Trinajstić information content (AvgIpc) is 2.37. The maximum atomic E-state index is 13.1. The van der Waals surface area contributed by atoms with Gasteiger partial charge in [0.25, 0.3) is 0 Å². The number of rotatable bonds is 3. The number of hydrogen-bond acceptors (Lipinski definition) is 3. The zero-order valence-corrected chi connectivity index (χ0v) is 10.4. The molecule has 0 aliphatic carbocycles. The van der Waals surface area contributed by atoms with Crippen molar-refractivity contribution < 1.29 is 22.3 Å². The summed E-state index contributed by atoms with van der Waals surface area (Å²) < 4.78 is 56.1. The van der Waals surface area contributed by atoms with E-state index in [9.17, 15) is 17.6 Å². The van der Waals surface area contributed by atoms with E-state index >= 15 is 0 Å². The first-order valence-electron chi connectivity index (χ1n) is 5.63. The molecule has 0 atom stereocenters. The lowest BCUT2D eigenvalue weighted by Gasteiger charge is -2.12. The summed E-state index contributed by atoms with van der Waals surface area (Å²) in [6, 6.07) is 6.47. The van der Waals surface area contributed by atoms with Gasteiger partial charge in [-0.15, -0.1) is 0 Å². The molecule has 2 rings (SSSR count). The van der Waals surface area contributed by atoms with Crippen LogP contribution in [-0.2, 0) is 6.18 Å². The third-order valence-electron chi connectivity index (χ3n) is 2.45. The number of nitrogens with one attached hydrogen (secondary N) is 1. The maximum absolute atomic E-state index is 13.1. The summed E-state index contributed by atoms with van der Waals surface area (Å²) in [6.07, 6.45) is -4.67. The molecule has 0 spiro atoms. The van der Waals surface area contributed by atoms with E-state index in [4.69, 9.17) is 15.9 Å². The Bertz CT molecular complexity index is 685. The van der Waals surface area contributed by atoms with Crippen LogP contribution in [0.25, 0.3) is 0 Å². The molecule has 0 saturated carbocycles. The van der Waals surface area contributed by atoms with Crippen molar-refractivity contribution in [1.29, 1.82) is 5.41 Å². The summed E-state index contributed by atoms with van der Waals surface area (Å²) in [5, 5.41) is 7.31. The van der Waals surface area contributed by atoms with E-state index in [0.29, 0.717) is 6.07 Å². The van der Waals surface area contributed by atoms with Crippen LogP contribution in [0.5, 0.6) is 11.6 Å². The number of ether oxygens (including phenoxy) is 1. The molecule has 1 aromatic carbocycles. The number of alkyl halides is 3. The lowest BCUT2D eigenvalue weighted by atomic mass is 10.2. The molecule has 0 fully saturated rings. The lowest BCUT2D eigenvalue weighted by molar-refractivity contribution is -0.141. The van der Waals surface area contributed by atoms with Gasteiger partial charge in [-0.05, 0) is 24.3 Å². The van der Waals surface area contributed by atoms with E-state index in [2.05, 4.69) is 4.98 Å². The molecular formula is C13H9F4N3O. The standard InChI is InChI=1S/C13H9F4N3O/c14-7-2-1-3-8(6-7)21-12-9(11(18)19)4-5-10(20-12)13(15,16)17/h1-6H,(H3,18,19). The fraction of sp³-hybridized carbons (Fsp3) is 0.0769. The van der Waals surface area contributed by atoms with Crippen LogP contribution < -0.4 is 10.5 Å². The van der Waals surface area contributed by atoms with Crippen molar-refractivity contribution in [3.05, 3.63) is 53.5 Å². The third-order valence-corrected chi connectivity index (χ3v) is 2.45. The first-order valence-corrected chi connectivity index (χ1v) is 5.63. The van der Waals surface area contributed by atoms with Crippen molar-refractivity contribution in [2.24, 2.45) is 5.73 Å². The van der Waals surface area contributed by atoms with E-state index in [1.807, 2.05) is 0 Å². The number of nitrogens with zero attached hydrogens (tertiary/aromatic N) is 1. The van der Waals surface area contributed by atoms with Gasteiger partial charge in [0.05, 0.1) is 5.56 Å². The Hall–Kier alpha value is -2.64. The molecule has 0 radical (unpaired) electrons. The molecular weight excluding hydrogens is 290 g/mol. The number of nitrogen functional groups attached to an aromatic ring is 1. The van der Waals surface area contributed by atoms with Crippen molar-refractivity contribution >= 4 is 5.84 Å². The lowest BCUT2D eigenvalue weighted by Crippen LogP contribution is -2.16. The van der Waals surface area contributed by atoms with Crippen molar-refractivity contribution in [2.75, 3.05) is 0 Å². The summed E-state index contributed by atoms with van der Waals surface area (Å²) in [7, 11) is 0. The van der Waals surface area contributed by atoms with Gasteiger partial charge < -0.3 is 10.5 Å². The SMILES string of the molecule is N=C(N)c1ccc(C(F)(F)F)nc1Oc1cccc(F)c1. The molecule has 2 aromatic rings. The number of nitrogens with two attached hydrogens (primary N) is 1. The smallest absolute Gasteiger partial charge is 0.433 e. The predicted octanol–water partition coefficient (Wildman–Crippen LogP) is 3.32. The molecule has 1 heterocycles. The number of benzene rings is 1. The number of pyridine rings is 1. The van der Waals surface area contributed by atoms with E-state index in [0.717, 1.165) is 18.2 Å². The van der Waals surface area contributed by atoms with Crippen LogP contribution in [0.15, 0.2) is 36.4 Å². The molecule has 1 aromatic heterocycles. The molecule has 110 valence electrons. The molecule has 8 heteroatoms. The second-order valence-electron chi connectivity index (χ2n) is 4.02. The number of amidine groups is 1. The number of aromatic nitrogens is 1. The highest BCUT2D eigenvalue weighted by Gasteiger charge is 2.33. The van der Waals surface area contributed by atoms with Crippen LogP contribution in [0, 0.1) is 11.2 Å². The van der Waals surface area contributed by atoms with Crippen LogP contribution >= 0.6 is 0 Å². The Kier molecular flexibility index (Phi) is 3.79. The van der Waals surface area contributed by atoms with Gasteiger partial charge in [-0.3, -0.25) is 5.41 Å². The van der Waals surface area contributed by atoms with Gasteiger partial charge in [-0.2, -0.15) is 13.2 Å². The molecule has 0 aliphatic heterocycles. The molecule has 4 nitrogen and oxygen atoms in total. The van der Waals surface area contributed by atoms with Crippen LogP contribution in [0.1, 0.15) is 11.3 Å². The summed E-state index contributed by atoms with van der Waals surface area (Å²) in [5.74, 6) is -1.70. The minimum Gasteiger partial charge on any atom is -0.438 e. The summed E-state index contributed by atoms with van der Waals surface area (Å²) in [6.45, 7) is 0. The Balaban J connectivity index is 2.46. The molecule has 0 unspecified atom stereocenters. The van der Waals surface area contributed by atoms with Gasteiger partial charge in [0.15, 0.2) is 0 Å². The number of halogens is 4. The average molecular weight is 299 g/mol. The normalized spacial score (nSPS) is 11.2. The first kappa shape index (κ1) is 14.8. The topological polar surface area (TPSA) is 72.0 Å². The zero-order chi connectivity index (χ0) is 15.6. The molecule has 21 heavy (non-hydrogen) atoms. The Morgan fingerprint density at radius 3 is 2.48 bits per heavy atom. The Morgan fingerprint density at radius 2 is 1.90 bits per heavy atom. The highest BCUT2D eigenvalue weighted by molar-refractivity contribution is 5.97. The quantitative estimate of drug-likeness (QED) is 0.519. The van der Waals surface area contributed by atoms with Gasteiger partial charge in [-0.1, -0.05) is 6.07 Å². The van der Waals surface area contributed by atoms with E-state index in [-0.39, 0.29) is 11.3 Å². The fourth-order valence-corrected chi connectivity index (χ4v) is 1.52. The largest absolute Gasteiger partial charge is 0.438 e. The number of hydrogen-bond donors (Lipinski definition) is 2. The third kappa shape index (κ3) is 3.47. The van der Waals surface area contributed by atoms with E-state index < -0.39 is 29.4 Å². The van der Waals surface area contributed by atoms with Gasteiger partial charge in [0.2, 0.25) is 5.88 Å². The van der Waals surface area contributed by atoms with Crippen molar-refractivity contribution in [3.63, 3.8) is 0 Å². The minimum absolute atomic E-state index is 0.0516. The van der Waals surface area contributed by atoms with Gasteiger partial charge in [0.1, 0.15) is 23.1 Å². The zero-order valence-electron chi connectivity index (χ0n) is 10.4. The van der Waals surface area contributed by atoms with Crippen molar-refractivity contribution in [3.8, 4) is 11.6 Å². The van der Waals surface area contributed by atoms with Crippen molar-refractivity contribution in [2.45, 2.75) is 6.18 Å². The summed E-state index contributed by atoms with van der Waals surface area (Å²) in [4.78, 5) is 3.30. The first-order chi connectivity index (χ1) is 9.77. The second kappa shape index (κ2) is 5.39. The summed E-state index contributed by atoms with van der Waals surface area (Å²) in [5.41, 5.74) is 3.95. The highest BCUT2D eigenvalue weighted by Crippen LogP contribution is 2.31. The van der Waals surface area contributed by atoms with Crippen molar-refractivity contribution in [1.82, 2.24) is 4.98 Å². The van der Waals surface area contributed by atoms with Gasteiger partial charge >= 0.3 is 6.18 Å². The van der Waals surface area contributed by atoms with E-state index in [1.165, 1.54) is 12.1 Å². The highest BCUT2D eigenvalue weighted by atomic mass is 19.4. The Labute approximate surface area is 116 Å². The Morgan fingerprint density at radius 1 is 1.19 bits per heavy atom. The van der Waals surface area contributed by atoms with Gasteiger partial charge in [-0.25, -0.2) is 9.37 Å². The molecule has 0 aliphatic rings. The van der Waals surface area contributed by atoms with Gasteiger partial charge in [0, 0.05) is 6.07 Å². The second-order valence-corrected chi connectivity index (χ2v) is 4.02. The van der Waals surface area contributed by atoms with Crippen LogP contribution in [-0.4, -0.2) is 10.8 Å². The predicted molar refractivity (Wildman–Crippen MR) is 66.7 cm³/mol. The minimum atomic E-state index is -4.67. The van der Waals surface area contributed by atoms with E-state index in [1.54, 1.807) is 0 Å². The summed E-state index contributed by atoms with van der Waals surface area (Å²) >= 11 is 0.